The van der Waals surface area contributed by atoms with Crippen molar-refractivity contribution in [2.75, 3.05) is 0 Å². The van der Waals surface area contributed by atoms with Gasteiger partial charge in [0, 0.05) is 0 Å². The molecule has 1 aliphatic rings. The van der Waals surface area contributed by atoms with Crippen LogP contribution in [0.3, 0.4) is 0 Å². The van der Waals surface area contributed by atoms with E-state index in [0.29, 0.717) is 0 Å². The minimum atomic E-state index is 0.850. The van der Waals surface area contributed by atoms with Gasteiger partial charge in [0.05, 0.1) is 5.37 Å². The van der Waals surface area contributed by atoms with Gasteiger partial charge >= 0.3 is 0 Å². The molecule has 1 aliphatic heterocycles. The fourth-order valence-corrected chi connectivity index (χ4v) is 0.584. The highest BCUT2D eigenvalue weighted by Gasteiger charge is 1.97. The molecule has 0 aromatic carbocycles. The summed E-state index contributed by atoms with van der Waals surface area (Å²) in [5, 5.41) is 5.46. The molecule has 2 heteroatoms. The van der Waals surface area contributed by atoms with Crippen LogP contribution >= 0.6 is 12.2 Å². The lowest BCUT2D eigenvalue weighted by molar-refractivity contribution is 1.04. The minimum absolute atomic E-state index is 0.850. The van der Waals surface area contributed by atoms with Crippen LogP contribution in [0.25, 0.3) is 0 Å². The van der Waals surface area contributed by atoms with E-state index in [1.165, 1.54) is 0 Å². The van der Waals surface area contributed by atoms with Crippen LogP contribution in [0.2, 0.25) is 0 Å². The number of hydrogen-bond donors (Lipinski definition) is 1. The maximum Gasteiger partial charge on any atom is 0.124 e. The largest absolute Gasteiger partial charge is 0.375 e. The third-order valence-electron chi connectivity index (χ3n) is 0.819. The molecule has 0 aromatic rings. The Morgan fingerprint density at radius 3 is 2.75 bits per heavy atom. The molecule has 0 saturated heterocycles. The average molecular weight is 123 g/mol. The number of allylic oxidation sites excluding steroid dienone is 2. The number of hydrogen-bond acceptors (Lipinski definition) is 2. The highest BCUT2D eigenvalue weighted by Crippen LogP contribution is 1.97. The molecule has 0 atom stereocenters. The molecule has 1 N–H and O–H groups in total. The molecule has 0 aliphatic carbocycles. The Labute approximate surface area is 54.1 Å². The van der Waals surface area contributed by atoms with E-state index in [1.807, 2.05) is 24.4 Å². The van der Waals surface area contributed by atoms with Crippen LogP contribution in [0.1, 0.15) is 0 Å². The lowest BCUT2D eigenvalue weighted by atomic mass is 10.2. The van der Waals surface area contributed by atoms with Gasteiger partial charge in [0.2, 0.25) is 0 Å². The van der Waals surface area contributed by atoms with Crippen molar-refractivity contribution in [1.82, 2.24) is 5.32 Å². The SMILES string of the molecule is S=[C][C]1C=CC=CN1. The summed E-state index contributed by atoms with van der Waals surface area (Å²) in [7, 11) is 0. The van der Waals surface area contributed by atoms with Crippen LogP contribution < -0.4 is 5.32 Å². The predicted octanol–water partition coefficient (Wildman–Crippen LogP) is 1.07. The molecule has 0 aromatic heterocycles. The van der Waals surface area contributed by atoms with E-state index < -0.39 is 0 Å². The molecule has 0 spiro atoms. The first-order valence-electron chi connectivity index (χ1n) is 2.28. The Hall–Kier alpha value is -0.630. The molecule has 1 rings (SSSR count). The Bertz CT molecular complexity index is 137. The smallest absolute Gasteiger partial charge is 0.124 e. The van der Waals surface area contributed by atoms with Crippen LogP contribution in [0, 0.1) is 6.04 Å². The van der Waals surface area contributed by atoms with Gasteiger partial charge in [-0.05, 0) is 12.3 Å². The van der Waals surface area contributed by atoms with Gasteiger partial charge in [0.15, 0.2) is 0 Å². The topological polar surface area (TPSA) is 12.0 Å². The quantitative estimate of drug-likeness (QED) is 0.523. The molecule has 2 radical (unpaired) electrons. The summed E-state index contributed by atoms with van der Waals surface area (Å²) in [5.41, 5.74) is 0. The predicted molar refractivity (Wildman–Crippen MR) is 37.3 cm³/mol. The maximum atomic E-state index is 4.54. The van der Waals surface area contributed by atoms with Gasteiger partial charge in [0.25, 0.3) is 0 Å². The maximum absolute atomic E-state index is 4.54. The van der Waals surface area contributed by atoms with E-state index in [2.05, 4.69) is 22.9 Å². The first-order chi connectivity index (χ1) is 3.93. The van der Waals surface area contributed by atoms with Crippen molar-refractivity contribution in [3.8, 4) is 0 Å². The van der Waals surface area contributed by atoms with Crippen molar-refractivity contribution in [2.24, 2.45) is 0 Å². The van der Waals surface area contributed by atoms with Crippen LogP contribution in [0.5, 0.6) is 0 Å². The summed E-state index contributed by atoms with van der Waals surface area (Å²) in [6.07, 6.45) is 7.49. The van der Waals surface area contributed by atoms with Crippen LogP contribution in [-0.2, 0) is 0 Å². The summed E-state index contributed by atoms with van der Waals surface area (Å²) in [4.78, 5) is 0. The van der Waals surface area contributed by atoms with Crippen molar-refractivity contribution in [1.29, 1.82) is 0 Å². The van der Waals surface area contributed by atoms with Crippen molar-refractivity contribution >= 4 is 17.6 Å². The van der Waals surface area contributed by atoms with E-state index in [0.717, 1.165) is 6.04 Å². The van der Waals surface area contributed by atoms with Gasteiger partial charge in [-0.15, -0.1) is 0 Å². The van der Waals surface area contributed by atoms with E-state index in [4.69, 9.17) is 0 Å². The Balaban J connectivity index is 2.51. The second kappa shape index (κ2) is 2.62. The number of nitrogens with one attached hydrogen (secondary N) is 1. The molecule has 1 heterocycles. The van der Waals surface area contributed by atoms with Crippen LogP contribution in [-0.4, -0.2) is 5.37 Å². The highest BCUT2D eigenvalue weighted by atomic mass is 32.1. The van der Waals surface area contributed by atoms with Crippen molar-refractivity contribution < 1.29 is 0 Å². The van der Waals surface area contributed by atoms with Crippen LogP contribution in [0.4, 0.5) is 0 Å². The number of thiocarbonyl (C=S) groups is 1. The summed E-state index contributed by atoms with van der Waals surface area (Å²) in [6.45, 7) is 0. The van der Waals surface area contributed by atoms with E-state index >= 15 is 0 Å². The third-order valence-corrected chi connectivity index (χ3v) is 1.04. The fraction of sp³-hybridized carbons (Fsp3) is 0. The molecule has 40 valence electrons. The highest BCUT2D eigenvalue weighted by molar-refractivity contribution is 7.79. The minimum Gasteiger partial charge on any atom is -0.375 e. The summed E-state index contributed by atoms with van der Waals surface area (Å²) >= 11 is 4.54. The Morgan fingerprint density at radius 2 is 2.38 bits per heavy atom. The molecular formula is C6H5NS. The van der Waals surface area contributed by atoms with E-state index in [1.54, 1.807) is 0 Å². The van der Waals surface area contributed by atoms with Gasteiger partial charge in [0.1, 0.15) is 6.04 Å². The Morgan fingerprint density at radius 1 is 1.50 bits per heavy atom. The standard InChI is InChI=1S/C6H5NS/c8-5-6-3-1-2-4-7-6/h1-4,7H. The molecule has 0 fully saturated rings. The third kappa shape index (κ3) is 1.17. The van der Waals surface area contributed by atoms with Crippen molar-refractivity contribution in [3.05, 3.63) is 30.5 Å². The lowest BCUT2D eigenvalue weighted by Gasteiger charge is -2.05. The molecule has 0 amide bonds. The zero-order valence-electron chi connectivity index (χ0n) is 4.22. The molecule has 0 saturated carbocycles. The average Bonchev–Trinajstić information content (AvgIpc) is 1.90. The van der Waals surface area contributed by atoms with E-state index in [9.17, 15) is 0 Å². The normalized spacial score (nSPS) is 18.0. The van der Waals surface area contributed by atoms with Crippen LogP contribution in [0.15, 0.2) is 24.4 Å². The molecular weight excluding hydrogens is 118 g/mol. The number of dihydropyridines is 1. The molecule has 0 bridgehead atoms. The zero-order valence-corrected chi connectivity index (χ0v) is 5.03. The summed E-state index contributed by atoms with van der Waals surface area (Å²) in [5.74, 6) is 0. The first kappa shape index (κ1) is 5.51. The number of rotatable bonds is 1. The van der Waals surface area contributed by atoms with Gasteiger partial charge in [-0.3, -0.25) is 0 Å². The van der Waals surface area contributed by atoms with Crippen molar-refractivity contribution in [3.63, 3.8) is 0 Å². The second-order valence-electron chi connectivity index (χ2n) is 1.38. The fourth-order valence-electron chi connectivity index (χ4n) is 0.457. The lowest BCUT2D eigenvalue weighted by Crippen LogP contribution is -2.14. The van der Waals surface area contributed by atoms with Gasteiger partial charge in [-0.1, -0.05) is 24.4 Å². The molecule has 1 nitrogen and oxygen atoms in total. The summed E-state index contributed by atoms with van der Waals surface area (Å²) in [6, 6.07) is 0.850. The van der Waals surface area contributed by atoms with Gasteiger partial charge in [-0.2, -0.15) is 0 Å². The van der Waals surface area contributed by atoms with Gasteiger partial charge < -0.3 is 5.32 Å². The van der Waals surface area contributed by atoms with Gasteiger partial charge in [-0.25, -0.2) is 0 Å². The monoisotopic (exact) mass is 123 g/mol. The van der Waals surface area contributed by atoms with Crippen molar-refractivity contribution in [2.45, 2.75) is 0 Å². The Kier molecular flexibility index (Phi) is 1.80. The second-order valence-corrected chi connectivity index (χ2v) is 1.58. The molecule has 0 unspecified atom stereocenters. The summed E-state index contributed by atoms with van der Waals surface area (Å²) < 4.78 is 0. The molecule has 8 heavy (non-hydrogen) atoms. The zero-order chi connectivity index (χ0) is 5.82. The first-order valence-corrected chi connectivity index (χ1v) is 2.69. The van der Waals surface area contributed by atoms with E-state index in [-0.39, 0.29) is 0 Å².